The molecule has 0 spiro atoms. The number of hydrogen-bond donors (Lipinski definition) is 0. The third kappa shape index (κ3) is 3.47. The molecule has 0 saturated carbocycles. The van der Waals surface area contributed by atoms with Gasteiger partial charge in [0.25, 0.3) is 0 Å². The van der Waals surface area contributed by atoms with Gasteiger partial charge in [0.2, 0.25) is 0 Å². The van der Waals surface area contributed by atoms with Gasteiger partial charge in [0.15, 0.2) is 5.82 Å². The van der Waals surface area contributed by atoms with E-state index in [2.05, 4.69) is 61.6 Å². The van der Waals surface area contributed by atoms with E-state index in [4.69, 9.17) is 0 Å². The largest absolute Gasteiger partial charge is 0.354 e. The van der Waals surface area contributed by atoms with Gasteiger partial charge in [0.05, 0.1) is 16.4 Å². The van der Waals surface area contributed by atoms with Crippen LogP contribution in [0.15, 0.2) is 47.8 Å². The number of rotatable bonds is 4. The number of aryl methyl sites for hydroxylation is 1. The molecule has 2 aliphatic rings. The maximum absolute atomic E-state index is 4.61. The van der Waals surface area contributed by atoms with Crippen molar-refractivity contribution in [1.29, 1.82) is 0 Å². The zero-order chi connectivity index (χ0) is 18.2. The van der Waals surface area contributed by atoms with Gasteiger partial charge in [-0.2, -0.15) is 0 Å². The van der Waals surface area contributed by atoms with Crippen molar-refractivity contribution in [2.45, 2.75) is 13.5 Å². The van der Waals surface area contributed by atoms with Crippen LogP contribution in [0, 0.1) is 18.8 Å². The summed E-state index contributed by atoms with van der Waals surface area (Å²) in [6.45, 7) is 7.55. The van der Waals surface area contributed by atoms with Crippen molar-refractivity contribution in [3.8, 4) is 11.3 Å². The normalized spacial score (nSPS) is 22.3. The Balaban J connectivity index is 1.21. The van der Waals surface area contributed by atoms with Gasteiger partial charge in [-0.1, -0.05) is 30.3 Å². The molecule has 6 heteroatoms. The zero-order valence-corrected chi connectivity index (χ0v) is 16.3. The fraction of sp³-hybridized carbons (Fsp3) is 0.381. The molecule has 4 heterocycles. The van der Waals surface area contributed by atoms with Crippen molar-refractivity contribution in [3.05, 3.63) is 58.5 Å². The first-order chi connectivity index (χ1) is 13.2. The zero-order valence-electron chi connectivity index (χ0n) is 15.5. The van der Waals surface area contributed by atoms with Crippen molar-refractivity contribution in [2.75, 3.05) is 31.1 Å². The number of nitrogens with zero attached hydrogens (tertiary/aromatic N) is 5. The third-order valence-corrected chi connectivity index (χ3v) is 6.48. The van der Waals surface area contributed by atoms with Gasteiger partial charge in [-0.05, 0) is 30.9 Å². The molecule has 0 radical (unpaired) electrons. The lowest BCUT2D eigenvalue weighted by atomic mass is 10.0. The van der Waals surface area contributed by atoms with E-state index in [9.17, 15) is 0 Å². The van der Waals surface area contributed by atoms with Crippen LogP contribution in [0.25, 0.3) is 11.3 Å². The lowest BCUT2D eigenvalue weighted by molar-refractivity contribution is 0.305. The van der Waals surface area contributed by atoms with Crippen LogP contribution < -0.4 is 4.90 Å². The van der Waals surface area contributed by atoms with E-state index in [1.54, 1.807) is 11.3 Å². The fourth-order valence-corrected chi connectivity index (χ4v) is 4.98. The first-order valence-corrected chi connectivity index (χ1v) is 10.4. The Labute approximate surface area is 163 Å². The van der Waals surface area contributed by atoms with Crippen molar-refractivity contribution < 1.29 is 0 Å². The topological polar surface area (TPSA) is 45.2 Å². The van der Waals surface area contributed by atoms with Gasteiger partial charge in [0, 0.05) is 43.7 Å². The second-order valence-electron chi connectivity index (χ2n) is 7.62. The van der Waals surface area contributed by atoms with Gasteiger partial charge in [0.1, 0.15) is 0 Å². The Morgan fingerprint density at radius 1 is 0.963 bits per heavy atom. The van der Waals surface area contributed by atoms with Crippen LogP contribution in [-0.4, -0.2) is 46.3 Å². The summed E-state index contributed by atoms with van der Waals surface area (Å²) in [5, 5.41) is 12.3. The summed E-state index contributed by atoms with van der Waals surface area (Å²) in [5.74, 6) is 2.45. The Morgan fingerprint density at radius 2 is 1.74 bits per heavy atom. The van der Waals surface area contributed by atoms with Crippen molar-refractivity contribution in [1.82, 2.24) is 20.1 Å². The molecule has 2 saturated heterocycles. The van der Waals surface area contributed by atoms with E-state index in [0.29, 0.717) is 0 Å². The van der Waals surface area contributed by atoms with Gasteiger partial charge >= 0.3 is 0 Å². The number of aromatic nitrogens is 3. The average molecular weight is 378 g/mol. The predicted molar refractivity (Wildman–Crippen MR) is 109 cm³/mol. The van der Waals surface area contributed by atoms with Gasteiger partial charge in [-0.15, -0.1) is 21.5 Å². The molecule has 0 amide bonds. The van der Waals surface area contributed by atoms with Crippen molar-refractivity contribution in [3.63, 3.8) is 0 Å². The lowest BCUT2D eigenvalue weighted by Crippen LogP contribution is -2.29. The first kappa shape index (κ1) is 16.8. The van der Waals surface area contributed by atoms with Crippen molar-refractivity contribution >= 4 is 17.2 Å². The summed E-state index contributed by atoms with van der Waals surface area (Å²) in [7, 11) is 0. The minimum absolute atomic E-state index is 0.723. The highest BCUT2D eigenvalue weighted by atomic mass is 32.1. The smallest absolute Gasteiger partial charge is 0.151 e. The van der Waals surface area contributed by atoms with Crippen LogP contribution in [0.2, 0.25) is 0 Å². The maximum atomic E-state index is 4.61. The molecule has 2 aliphatic heterocycles. The third-order valence-electron chi connectivity index (χ3n) is 5.66. The van der Waals surface area contributed by atoms with E-state index in [1.807, 2.05) is 18.2 Å². The molecule has 27 heavy (non-hydrogen) atoms. The molecule has 0 aliphatic carbocycles. The van der Waals surface area contributed by atoms with Gasteiger partial charge in [-0.25, -0.2) is 4.98 Å². The average Bonchev–Trinajstić information content (AvgIpc) is 3.38. The summed E-state index contributed by atoms with van der Waals surface area (Å²) in [6.07, 6.45) is 0. The van der Waals surface area contributed by atoms with Crippen LogP contribution in [0.1, 0.15) is 10.7 Å². The molecular formula is C21H23N5S. The number of fused-ring (bicyclic) bond motifs is 1. The molecule has 5 rings (SSSR count). The van der Waals surface area contributed by atoms with E-state index in [-0.39, 0.29) is 0 Å². The molecule has 0 N–H and O–H groups in total. The quantitative estimate of drug-likeness (QED) is 0.697. The summed E-state index contributed by atoms with van der Waals surface area (Å²) < 4.78 is 0. The summed E-state index contributed by atoms with van der Waals surface area (Å²) in [6, 6.07) is 14.4. The molecule has 3 aromatic rings. The number of thiazole rings is 1. The summed E-state index contributed by atoms with van der Waals surface area (Å²) >= 11 is 1.75. The molecule has 1 aromatic carbocycles. The van der Waals surface area contributed by atoms with E-state index >= 15 is 0 Å². The monoisotopic (exact) mass is 377 g/mol. The first-order valence-electron chi connectivity index (χ1n) is 9.52. The van der Waals surface area contributed by atoms with Crippen LogP contribution in [0.3, 0.4) is 0 Å². The van der Waals surface area contributed by atoms with E-state index in [0.717, 1.165) is 66.6 Å². The molecule has 5 nitrogen and oxygen atoms in total. The fourth-order valence-electron chi connectivity index (χ4n) is 4.37. The Kier molecular flexibility index (Phi) is 4.38. The van der Waals surface area contributed by atoms with Gasteiger partial charge < -0.3 is 4.90 Å². The second-order valence-corrected chi connectivity index (χ2v) is 8.68. The van der Waals surface area contributed by atoms with E-state index in [1.165, 1.54) is 5.69 Å². The van der Waals surface area contributed by atoms with Crippen LogP contribution in [0.4, 0.5) is 5.82 Å². The second kappa shape index (κ2) is 7.02. The highest BCUT2D eigenvalue weighted by Crippen LogP contribution is 2.34. The number of hydrogen-bond acceptors (Lipinski definition) is 6. The Bertz CT molecular complexity index is 894. The molecular weight excluding hydrogens is 354 g/mol. The minimum atomic E-state index is 0.723. The van der Waals surface area contributed by atoms with Gasteiger partial charge in [-0.3, -0.25) is 4.90 Å². The van der Waals surface area contributed by atoms with Crippen LogP contribution >= 0.6 is 11.3 Å². The molecule has 2 atom stereocenters. The number of likely N-dealkylation sites (tertiary alicyclic amines) is 1. The maximum Gasteiger partial charge on any atom is 0.151 e. The molecule has 0 bridgehead atoms. The summed E-state index contributed by atoms with van der Waals surface area (Å²) in [4.78, 5) is 9.58. The van der Waals surface area contributed by atoms with Crippen LogP contribution in [-0.2, 0) is 6.54 Å². The molecule has 138 valence electrons. The summed E-state index contributed by atoms with van der Waals surface area (Å²) in [5.41, 5.74) is 3.27. The SMILES string of the molecule is Cc1nc(CN2CC3CN(c4ccc(-c5ccccc5)nn4)CC3C2)cs1. The molecule has 2 unspecified atom stereocenters. The molecule has 2 fully saturated rings. The van der Waals surface area contributed by atoms with Crippen molar-refractivity contribution in [2.24, 2.45) is 11.8 Å². The predicted octanol–water partition coefficient (Wildman–Crippen LogP) is 3.48. The Morgan fingerprint density at radius 3 is 2.37 bits per heavy atom. The number of benzene rings is 1. The molecule has 2 aromatic heterocycles. The van der Waals surface area contributed by atoms with Crippen LogP contribution in [0.5, 0.6) is 0 Å². The number of anilines is 1. The lowest BCUT2D eigenvalue weighted by Gasteiger charge is -2.21. The minimum Gasteiger partial charge on any atom is -0.354 e. The van der Waals surface area contributed by atoms with E-state index < -0.39 is 0 Å². The highest BCUT2D eigenvalue weighted by molar-refractivity contribution is 7.09. The highest BCUT2D eigenvalue weighted by Gasteiger charge is 2.40. The standard InChI is InChI=1S/C21H23N5S/c1-15-22-19(14-27-15)13-25-9-17-11-26(12-18(17)10-25)21-8-7-20(23-24-21)16-5-3-2-4-6-16/h2-8,14,17-18H,9-13H2,1H3. The Hall–Kier alpha value is -2.31.